The molecule has 10 nitrogen and oxygen atoms in total. The Kier molecular flexibility index (Phi) is 10.4. The van der Waals surface area contributed by atoms with Gasteiger partial charge in [-0.05, 0) is 36.4 Å². The lowest BCUT2D eigenvalue weighted by Crippen LogP contribution is -2.45. The molecule has 0 unspecified atom stereocenters. The first-order valence-corrected chi connectivity index (χ1v) is 10.6. The van der Waals surface area contributed by atoms with Gasteiger partial charge in [0.1, 0.15) is 23.0 Å². The van der Waals surface area contributed by atoms with Gasteiger partial charge in [-0.3, -0.25) is 9.80 Å². The van der Waals surface area contributed by atoms with Crippen molar-refractivity contribution in [2.24, 2.45) is 0 Å². The number of carboxylic acids is 2. The zero-order chi connectivity index (χ0) is 25.1. The zero-order valence-electron chi connectivity index (χ0n) is 19.9. The maximum absolute atomic E-state index is 9.10. The van der Waals surface area contributed by atoms with Crippen molar-refractivity contribution in [1.82, 2.24) is 9.80 Å². The molecule has 0 aromatic heterocycles. The largest absolute Gasteiger partial charge is 0.497 e. The van der Waals surface area contributed by atoms with Gasteiger partial charge >= 0.3 is 11.9 Å². The maximum atomic E-state index is 9.10. The van der Waals surface area contributed by atoms with Crippen LogP contribution >= 0.6 is 0 Å². The molecule has 1 aliphatic heterocycles. The van der Waals surface area contributed by atoms with E-state index in [-0.39, 0.29) is 0 Å². The van der Waals surface area contributed by atoms with Crippen LogP contribution in [0.4, 0.5) is 0 Å². The van der Waals surface area contributed by atoms with E-state index in [1.54, 1.807) is 28.4 Å². The summed E-state index contributed by atoms with van der Waals surface area (Å²) >= 11 is 0. The Morgan fingerprint density at radius 1 is 0.676 bits per heavy atom. The number of rotatable bonds is 8. The molecular weight excluding hydrogens is 444 g/mol. The van der Waals surface area contributed by atoms with Crippen LogP contribution in [0.1, 0.15) is 11.1 Å². The minimum Gasteiger partial charge on any atom is -0.497 e. The number of hydrogen-bond donors (Lipinski definition) is 2. The fraction of sp³-hybridized carbons (Fsp3) is 0.417. The van der Waals surface area contributed by atoms with Gasteiger partial charge in [-0.25, -0.2) is 9.59 Å². The topological polar surface area (TPSA) is 118 Å². The maximum Gasteiger partial charge on any atom is 0.414 e. The second-order valence-electron chi connectivity index (χ2n) is 7.52. The van der Waals surface area contributed by atoms with E-state index in [0.717, 1.165) is 73.4 Å². The third-order valence-electron chi connectivity index (χ3n) is 5.41. The minimum atomic E-state index is -1.82. The molecule has 186 valence electrons. The van der Waals surface area contributed by atoms with Crippen molar-refractivity contribution in [2.75, 3.05) is 54.6 Å². The first kappa shape index (κ1) is 26.7. The molecule has 0 spiro atoms. The van der Waals surface area contributed by atoms with Crippen molar-refractivity contribution in [3.63, 3.8) is 0 Å². The average molecular weight is 477 g/mol. The lowest BCUT2D eigenvalue weighted by Gasteiger charge is -2.35. The smallest absolute Gasteiger partial charge is 0.414 e. The fourth-order valence-electron chi connectivity index (χ4n) is 3.60. The number of methoxy groups -OCH3 is 4. The molecule has 0 atom stereocenters. The summed E-state index contributed by atoms with van der Waals surface area (Å²) in [6, 6.07) is 11.9. The highest BCUT2D eigenvalue weighted by atomic mass is 16.5. The fourth-order valence-corrected chi connectivity index (χ4v) is 3.60. The number of benzene rings is 2. The van der Waals surface area contributed by atoms with Crippen molar-refractivity contribution in [3.8, 4) is 23.0 Å². The normalized spacial score (nSPS) is 13.9. The highest BCUT2D eigenvalue weighted by molar-refractivity contribution is 6.27. The molecule has 1 fully saturated rings. The van der Waals surface area contributed by atoms with Crippen molar-refractivity contribution < 1.29 is 38.7 Å². The Labute approximate surface area is 199 Å². The molecule has 10 heteroatoms. The molecule has 2 aromatic carbocycles. The lowest BCUT2D eigenvalue weighted by molar-refractivity contribution is -0.159. The number of carbonyl (C=O) groups is 2. The summed E-state index contributed by atoms with van der Waals surface area (Å²) in [7, 11) is 6.81. The van der Waals surface area contributed by atoms with Gasteiger partial charge in [0, 0.05) is 50.4 Å². The highest BCUT2D eigenvalue weighted by Crippen LogP contribution is 2.27. The summed E-state index contributed by atoms with van der Waals surface area (Å²) in [4.78, 5) is 23.1. The van der Waals surface area contributed by atoms with Gasteiger partial charge < -0.3 is 29.2 Å². The van der Waals surface area contributed by atoms with Crippen LogP contribution < -0.4 is 18.9 Å². The molecule has 1 aliphatic rings. The van der Waals surface area contributed by atoms with E-state index in [1.165, 1.54) is 0 Å². The Balaban J connectivity index is 0.000000604. The van der Waals surface area contributed by atoms with E-state index >= 15 is 0 Å². The standard InChI is InChI=1S/C22H30N2O4.C2H2O4/c1-25-19-5-7-21(27-3)17(13-19)15-23-9-11-24(12-10-23)16-18-14-20(26-2)6-8-22(18)28-4;3-1(4)2(5)6/h5-8,13-14H,9-12,15-16H2,1-4H3;(H,3,4)(H,5,6). The number of aliphatic carboxylic acids is 2. The molecule has 34 heavy (non-hydrogen) atoms. The third kappa shape index (κ3) is 7.82. The summed E-state index contributed by atoms with van der Waals surface area (Å²) in [5.74, 6) is -0.113. The summed E-state index contributed by atoms with van der Waals surface area (Å²) in [6.07, 6.45) is 0. The van der Waals surface area contributed by atoms with Crippen LogP contribution in [0.15, 0.2) is 36.4 Å². The van der Waals surface area contributed by atoms with Crippen LogP contribution in [0.5, 0.6) is 23.0 Å². The number of nitrogens with zero attached hydrogens (tertiary/aromatic N) is 2. The van der Waals surface area contributed by atoms with Crippen LogP contribution in [0.3, 0.4) is 0 Å². The number of carboxylic acid groups (broad SMARTS) is 2. The molecule has 0 aliphatic carbocycles. The van der Waals surface area contributed by atoms with Crippen molar-refractivity contribution in [1.29, 1.82) is 0 Å². The Morgan fingerprint density at radius 2 is 1.03 bits per heavy atom. The summed E-state index contributed by atoms with van der Waals surface area (Å²) in [5, 5.41) is 14.8. The predicted octanol–water partition coefficient (Wildman–Crippen LogP) is 2.19. The molecular formula is C24H32N2O8. The lowest BCUT2D eigenvalue weighted by atomic mass is 10.1. The number of ether oxygens (including phenoxy) is 4. The van der Waals surface area contributed by atoms with E-state index in [9.17, 15) is 0 Å². The Bertz CT molecular complexity index is 880. The van der Waals surface area contributed by atoms with Gasteiger partial charge in [0.25, 0.3) is 0 Å². The molecule has 2 aromatic rings. The summed E-state index contributed by atoms with van der Waals surface area (Å²) in [5.41, 5.74) is 2.31. The van der Waals surface area contributed by atoms with Crippen LogP contribution in [0, 0.1) is 0 Å². The highest BCUT2D eigenvalue weighted by Gasteiger charge is 2.20. The van der Waals surface area contributed by atoms with E-state index < -0.39 is 11.9 Å². The third-order valence-corrected chi connectivity index (χ3v) is 5.41. The van der Waals surface area contributed by atoms with Gasteiger partial charge in [0.05, 0.1) is 28.4 Å². The van der Waals surface area contributed by atoms with Gasteiger partial charge in [0.2, 0.25) is 0 Å². The Morgan fingerprint density at radius 3 is 1.29 bits per heavy atom. The number of hydrogen-bond acceptors (Lipinski definition) is 8. The molecule has 3 rings (SSSR count). The predicted molar refractivity (Wildman–Crippen MR) is 125 cm³/mol. The SMILES string of the molecule is COc1ccc(OC)c(CN2CCN(Cc3cc(OC)ccc3OC)CC2)c1.O=C(O)C(=O)O. The van der Waals surface area contributed by atoms with Gasteiger partial charge in [0.15, 0.2) is 0 Å². The quantitative estimate of drug-likeness (QED) is 0.549. The first-order valence-electron chi connectivity index (χ1n) is 10.6. The minimum absolute atomic E-state index is 0.858. The molecule has 1 saturated heterocycles. The van der Waals surface area contributed by atoms with E-state index in [2.05, 4.69) is 21.9 Å². The number of piperazine rings is 1. The van der Waals surface area contributed by atoms with Crippen molar-refractivity contribution in [3.05, 3.63) is 47.5 Å². The second kappa shape index (κ2) is 13.3. The van der Waals surface area contributed by atoms with Crippen LogP contribution in [-0.2, 0) is 22.7 Å². The van der Waals surface area contributed by atoms with Crippen molar-refractivity contribution in [2.45, 2.75) is 13.1 Å². The molecule has 0 bridgehead atoms. The monoisotopic (exact) mass is 476 g/mol. The zero-order valence-corrected chi connectivity index (χ0v) is 19.9. The summed E-state index contributed by atoms with van der Waals surface area (Å²) in [6.45, 7) is 5.74. The van der Waals surface area contributed by atoms with E-state index in [0.29, 0.717) is 0 Å². The van der Waals surface area contributed by atoms with Crippen molar-refractivity contribution >= 4 is 11.9 Å². The van der Waals surface area contributed by atoms with Crippen LogP contribution in [0.25, 0.3) is 0 Å². The first-order chi connectivity index (χ1) is 16.3. The second-order valence-corrected chi connectivity index (χ2v) is 7.52. The van der Waals surface area contributed by atoms with Gasteiger partial charge in [-0.2, -0.15) is 0 Å². The Hall–Kier alpha value is -3.50. The molecule has 0 amide bonds. The van der Waals surface area contributed by atoms with E-state index in [4.69, 9.17) is 38.7 Å². The van der Waals surface area contributed by atoms with E-state index in [1.807, 2.05) is 24.3 Å². The average Bonchev–Trinajstić information content (AvgIpc) is 2.85. The molecule has 2 N–H and O–H groups in total. The molecule has 0 saturated carbocycles. The van der Waals surface area contributed by atoms with Crippen LogP contribution in [0.2, 0.25) is 0 Å². The van der Waals surface area contributed by atoms with Gasteiger partial charge in [-0.1, -0.05) is 0 Å². The molecule has 1 heterocycles. The van der Waals surface area contributed by atoms with Crippen LogP contribution in [-0.4, -0.2) is 86.6 Å². The van der Waals surface area contributed by atoms with Gasteiger partial charge in [-0.15, -0.1) is 0 Å². The molecule has 0 radical (unpaired) electrons. The summed E-state index contributed by atoms with van der Waals surface area (Å²) < 4.78 is 21.8.